The molecular weight excluding hydrogens is 240 g/mol. The summed E-state index contributed by atoms with van der Waals surface area (Å²) in [6.07, 6.45) is 3.12. The number of amides is 1. The second kappa shape index (κ2) is 9.32. The molecule has 0 aromatic rings. The van der Waals surface area contributed by atoms with Crippen molar-refractivity contribution in [2.75, 3.05) is 32.8 Å². The number of hydrogen-bond acceptors (Lipinski definition) is 3. The van der Waals surface area contributed by atoms with E-state index in [1.54, 1.807) is 0 Å². The minimum absolute atomic E-state index is 0.159. The van der Waals surface area contributed by atoms with Crippen LogP contribution in [0, 0.1) is 17.8 Å². The lowest BCUT2D eigenvalue weighted by atomic mass is 9.85. The van der Waals surface area contributed by atoms with Crippen molar-refractivity contribution in [3.63, 3.8) is 0 Å². The fraction of sp³-hybridized carbons (Fsp3) is 0.933. The van der Waals surface area contributed by atoms with Crippen LogP contribution in [0.1, 0.15) is 40.0 Å². The third-order valence-corrected chi connectivity index (χ3v) is 3.67. The quantitative estimate of drug-likeness (QED) is 0.661. The smallest absolute Gasteiger partial charge is 0.220 e. The predicted octanol–water partition coefficient (Wildman–Crippen LogP) is 1.80. The fourth-order valence-corrected chi connectivity index (χ4v) is 2.48. The van der Waals surface area contributed by atoms with Gasteiger partial charge in [-0.1, -0.05) is 20.8 Å². The zero-order valence-corrected chi connectivity index (χ0v) is 12.7. The normalized spacial score (nSPS) is 21.4. The molecule has 4 nitrogen and oxygen atoms in total. The average molecular weight is 270 g/mol. The first-order valence-corrected chi connectivity index (χ1v) is 7.64. The van der Waals surface area contributed by atoms with Gasteiger partial charge in [0.25, 0.3) is 0 Å². The van der Waals surface area contributed by atoms with Crippen LogP contribution in [0.5, 0.6) is 0 Å². The zero-order valence-electron chi connectivity index (χ0n) is 12.7. The topological polar surface area (TPSA) is 50.4 Å². The monoisotopic (exact) mass is 270 g/mol. The first-order chi connectivity index (χ1) is 9.09. The Morgan fingerprint density at radius 2 is 2.21 bits per heavy atom. The Labute approximate surface area is 117 Å². The zero-order chi connectivity index (χ0) is 14.1. The number of carbonyl (C=O) groups is 1. The van der Waals surface area contributed by atoms with Crippen molar-refractivity contribution < 1.29 is 9.53 Å². The lowest BCUT2D eigenvalue weighted by Gasteiger charge is -2.28. The van der Waals surface area contributed by atoms with Crippen LogP contribution in [0.3, 0.4) is 0 Å². The van der Waals surface area contributed by atoms with Crippen LogP contribution in [0.2, 0.25) is 0 Å². The number of piperidine rings is 1. The SMILES string of the molecule is CC(C)COCCNC(=O)CC(C)C1CCCNC1. The molecule has 0 spiro atoms. The largest absolute Gasteiger partial charge is 0.379 e. The molecule has 0 bridgehead atoms. The standard InChI is InChI=1S/C15H30N2O2/c1-12(2)11-19-8-7-17-15(18)9-13(3)14-5-4-6-16-10-14/h12-14,16H,4-11H2,1-3H3,(H,17,18). The summed E-state index contributed by atoms with van der Waals surface area (Å²) >= 11 is 0. The van der Waals surface area contributed by atoms with E-state index in [1.165, 1.54) is 12.8 Å². The molecule has 1 fully saturated rings. The molecular formula is C15H30N2O2. The van der Waals surface area contributed by atoms with Crippen LogP contribution in [-0.4, -0.2) is 38.8 Å². The molecule has 1 aliphatic rings. The van der Waals surface area contributed by atoms with Crippen molar-refractivity contribution in [3.05, 3.63) is 0 Å². The molecule has 2 N–H and O–H groups in total. The third-order valence-electron chi connectivity index (χ3n) is 3.67. The van der Waals surface area contributed by atoms with Gasteiger partial charge in [-0.3, -0.25) is 4.79 Å². The summed E-state index contributed by atoms with van der Waals surface area (Å²) < 4.78 is 5.44. The second-order valence-corrected chi connectivity index (χ2v) is 6.11. The van der Waals surface area contributed by atoms with E-state index in [-0.39, 0.29) is 5.91 Å². The Bertz CT molecular complexity index is 251. The maximum atomic E-state index is 11.8. The van der Waals surface area contributed by atoms with Crippen LogP contribution in [0.4, 0.5) is 0 Å². The van der Waals surface area contributed by atoms with Crippen molar-refractivity contribution in [3.8, 4) is 0 Å². The molecule has 0 saturated carbocycles. The van der Waals surface area contributed by atoms with Gasteiger partial charge in [-0.05, 0) is 43.7 Å². The van der Waals surface area contributed by atoms with Gasteiger partial charge in [0, 0.05) is 19.6 Å². The summed E-state index contributed by atoms with van der Waals surface area (Å²) in [5, 5.41) is 6.35. The van der Waals surface area contributed by atoms with Gasteiger partial charge in [-0.2, -0.15) is 0 Å². The molecule has 0 aromatic carbocycles. The van der Waals surface area contributed by atoms with E-state index in [9.17, 15) is 4.79 Å². The van der Waals surface area contributed by atoms with Crippen molar-refractivity contribution in [1.29, 1.82) is 0 Å². The Morgan fingerprint density at radius 3 is 2.84 bits per heavy atom. The van der Waals surface area contributed by atoms with Crippen LogP contribution in [0.25, 0.3) is 0 Å². The van der Waals surface area contributed by atoms with Gasteiger partial charge in [0.15, 0.2) is 0 Å². The van der Waals surface area contributed by atoms with E-state index in [0.29, 0.717) is 37.3 Å². The number of ether oxygens (including phenoxy) is 1. The van der Waals surface area contributed by atoms with E-state index in [2.05, 4.69) is 31.4 Å². The number of rotatable bonds is 8. The molecule has 0 radical (unpaired) electrons. The highest BCUT2D eigenvalue weighted by Crippen LogP contribution is 2.22. The van der Waals surface area contributed by atoms with Crippen molar-refractivity contribution in [1.82, 2.24) is 10.6 Å². The summed E-state index contributed by atoms with van der Waals surface area (Å²) in [5.74, 6) is 1.82. The Morgan fingerprint density at radius 1 is 1.42 bits per heavy atom. The van der Waals surface area contributed by atoms with Crippen molar-refractivity contribution >= 4 is 5.91 Å². The average Bonchev–Trinajstić information content (AvgIpc) is 2.39. The van der Waals surface area contributed by atoms with Crippen LogP contribution < -0.4 is 10.6 Å². The molecule has 1 aliphatic heterocycles. The molecule has 1 rings (SSSR count). The highest BCUT2D eigenvalue weighted by molar-refractivity contribution is 5.76. The molecule has 2 atom stereocenters. The second-order valence-electron chi connectivity index (χ2n) is 6.11. The predicted molar refractivity (Wildman–Crippen MR) is 78.0 cm³/mol. The van der Waals surface area contributed by atoms with Gasteiger partial charge < -0.3 is 15.4 Å². The minimum atomic E-state index is 0.159. The lowest BCUT2D eigenvalue weighted by molar-refractivity contribution is -0.122. The van der Waals surface area contributed by atoms with Crippen molar-refractivity contribution in [2.24, 2.45) is 17.8 Å². The number of hydrogen-bond donors (Lipinski definition) is 2. The number of nitrogens with one attached hydrogen (secondary N) is 2. The van der Waals surface area contributed by atoms with Gasteiger partial charge in [-0.25, -0.2) is 0 Å². The molecule has 1 heterocycles. The summed E-state index contributed by atoms with van der Waals surface area (Å²) in [5.41, 5.74) is 0. The van der Waals surface area contributed by atoms with E-state index in [0.717, 1.165) is 19.7 Å². The lowest BCUT2D eigenvalue weighted by Crippen LogP contribution is -2.36. The van der Waals surface area contributed by atoms with E-state index in [1.807, 2.05) is 0 Å². The highest BCUT2D eigenvalue weighted by Gasteiger charge is 2.21. The molecule has 0 aliphatic carbocycles. The molecule has 2 unspecified atom stereocenters. The first kappa shape index (κ1) is 16.4. The van der Waals surface area contributed by atoms with E-state index >= 15 is 0 Å². The van der Waals surface area contributed by atoms with E-state index in [4.69, 9.17) is 4.74 Å². The maximum absolute atomic E-state index is 11.8. The molecule has 112 valence electrons. The maximum Gasteiger partial charge on any atom is 0.220 e. The minimum Gasteiger partial charge on any atom is -0.379 e. The number of carbonyl (C=O) groups excluding carboxylic acids is 1. The molecule has 1 amide bonds. The Balaban J connectivity index is 2.06. The van der Waals surface area contributed by atoms with Gasteiger partial charge in [0.1, 0.15) is 0 Å². The summed E-state index contributed by atoms with van der Waals surface area (Å²) in [7, 11) is 0. The van der Waals surface area contributed by atoms with Crippen LogP contribution >= 0.6 is 0 Å². The van der Waals surface area contributed by atoms with Crippen LogP contribution in [-0.2, 0) is 9.53 Å². The molecule has 19 heavy (non-hydrogen) atoms. The summed E-state index contributed by atoms with van der Waals surface area (Å²) in [4.78, 5) is 11.8. The van der Waals surface area contributed by atoms with Gasteiger partial charge in [-0.15, -0.1) is 0 Å². The Kier molecular flexibility index (Phi) is 8.07. The fourth-order valence-electron chi connectivity index (χ4n) is 2.48. The summed E-state index contributed by atoms with van der Waals surface area (Å²) in [6.45, 7) is 10.6. The Hall–Kier alpha value is -0.610. The van der Waals surface area contributed by atoms with Gasteiger partial charge in [0.05, 0.1) is 6.61 Å². The molecule has 1 saturated heterocycles. The summed E-state index contributed by atoms with van der Waals surface area (Å²) in [6, 6.07) is 0. The first-order valence-electron chi connectivity index (χ1n) is 7.64. The van der Waals surface area contributed by atoms with E-state index < -0.39 is 0 Å². The van der Waals surface area contributed by atoms with Crippen LogP contribution in [0.15, 0.2) is 0 Å². The van der Waals surface area contributed by atoms with Crippen molar-refractivity contribution in [2.45, 2.75) is 40.0 Å². The molecule has 4 heteroatoms. The van der Waals surface area contributed by atoms with Gasteiger partial charge in [0.2, 0.25) is 5.91 Å². The van der Waals surface area contributed by atoms with Gasteiger partial charge >= 0.3 is 0 Å². The third kappa shape index (κ3) is 7.53. The molecule has 0 aromatic heterocycles. The highest BCUT2D eigenvalue weighted by atomic mass is 16.5.